The number of rotatable bonds is 22. The average molecular weight is 1120 g/mol. The first kappa shape index (κ1) is 56.0. The maximum absolute atomic E-state index is 6.32. The molecule has 9 aromatic rings. The molecule has 2 aliphatic heterocycles. The summed E-state index contributed by atoms with van der Waals surface area (Å²) in [5.74, 6) is 2.92. The molecular weight excluding hydrogens is 1050 g/mol. The van der Waals surface area contributed by atoms with Crippen LogP contribution in [0.2, 0.25) is 0 Å². The van der Waals surface area contributed by atoms with Crippen molar-refractivity contribution in [1.29, 1.82) is 0 Å². The van der Waals surface area contributed by atoms with Gasteiger partial charge in [0.15, 0.2) is 0 Å². The van der Waals surface area contributed by atoms with Gasteiger partial charge in [-0.05, 0) is 168 Å². The van der Waals surface area contributed by atoms with Crippen LogP contribution in [0.5, 0.6) is 11.5 Å². The summed E-state index contributed by atoms with van der Waals surface area (Å²) in [6.45, 7) is 10.5. The number of unbranched alkanes of at least 4 members (excludes halogenated alkanes) is 2. The van der Waals surface area contributed by atoms with Crippen molar-refractivity contribution in [3.63, 3.8) is 0 Å². The number of ether oxygens (including phenoxy) is 2. The molecule has 0 saturated carbocycles. The first-order chi connectivity index (χ1) is 39.4. The summed E-state index contributed by atoms with van der Waals surface area (Å²) in [7, 11) is 0. The van der Waals surface area contributed by atoms with Gasteiger partial charge in [0.25, 0.3) is 0 Å². The molecular formula is C72H70N6O2Zn. The van der Waals surface area contributed by atoms with E-state index in [1.807, 2.05) is 12.1 Å². The maximum atomic E-state index is 6.32. The molecule has 0 aliphatic carbocycles. The summed E-state index contributed by atoms with van der Waals surface area (Å²) in [5.41, 5.74) is 16.8. The van der Waals surface area contributed by atoms with Crippen LogP contribution in [0.3, 0.4) is 0 Å². The van der Waals surface area contributed by atoms with Crippen molar-refractivity contribution in [2.45, 2.75) is 79.1 Å². The smallest absolute Gasteiger partial charge is 0.657 e. The third-order valence-corrected chi connectivity index (χ3v) is 15.4. The van der Waals surface area contributed by atoms with Crippen LogP contribution in [0, 0.1) is 11.8 Å². The molecule has 0 saturated heterocycles. The van der Waals surface area contributed by atoms with Crippen LogP contribution in [-0.4, -0.2) is 23.2 Å². The minimum atomic E-state index is 0. The van der Waals surface area contributed by atoms with Crippen LogP contribution in [0.4, 0.5) is 34.1 Å². The molecule has 2 unspecified atom stereocenters. The Bertz CT molecular complexity index is 3470. The second-order valence-electron chi connectivity index (χ2n) is 20.9. The molecule has 0 N–H and O–H groups in total. The zero-order valence-corrected chi connectivity index (χ0v) is 50.2. The van der Waals surface area contributed by atoms with Crippen LogP contribution in [0.15, 0.2) is 194 Å². The first-order valence-electron chi connectivity index (χ1n) is 28.8. The van der Waals surface area contributed by atoms with Crippen molar-refractivity contribution in [2.24, 2.45) is 11.8 Å². The van der Waals surface area contributed by atoms with Gasteiger partial charge in [-0.25, -0.2) is 9.97 Å². The van der Waals surface area contributed by atoms with Gasteiger partial charge in [-0.3, -0.25) is 0 Å². The summed E-state index contributed by atoms with van der Waals surface area (Å²) >= 11 is 0. The molecule has 81 heavy (non-hydrogen) atoms. The third kappa shape index (κ3) is 13.3. The Morgan fingerprint density at radius 1 is 0.407 bits per heavy atom. The van der Waals surface area contributed by atoms with E-state index in [0.717, 1.165) is 139 Å². The summed E-state index contributed by atoms with van der Waals surface area (Å²) in [6.07, 6.45) is 17.8. The molecule has 0 amide bonds. The SMILES string of the molecule is CCCCC(CC)COc1ccc(N(c2ccccc2)c2ccc(-c3c4nc(cc5ccc([n-]5)c(-c5ccc(N(c6ccccc6)c6ccc(OCC(CC)CCCC)cc6)cc5)c5nc(cc6ccc3[n-]6)C=C5)C=C4)cc2)cc1.[Zn+2]. The van der Waals surface area contributed by atoms with Gasteiger partial charge >= 0.3 is 19.5 Å². The average Bonchev–Trinajstić information content (AvgIpc) is 4.37. The van der Waals surface area contributed by atoms with E-state index >= 15 is 0 Å². The minimum Gasteiger partial charge on any atom is -0.657 e. The molecule has 2 aliphatic rings. The quantitative estimate of drug-likeness (QED) is 0.0621. The number of fused-ring (bicyclic) bond motifs is 8. The number of hydrogen-bond donors (Lipinski definition) is 0. The fourth-order valence-electron chi connectivity index (χ4n) is 10.8. The molecule has 8 bridgehead atoms. The van der Waals surface area contributed by atoms with Crippen LogP contribution < -0.4 is 29.2 Å². The van der Waals surface area contributed by atoms with Crippen molar-refractivity contribution < 1.29 is 29.0 Å². The summed E-state index contributed by atoms with van der Waals surface area (Å²) in [5, 5.41) is 0. The number of nitrogens with zero attached hydrogens (tertiary/aromatic N) is 6. The number of aromatic nitrogens is 4. The zero-order valence-electron chi connectivity index (χ0n) is 47.2. The fraction of sp³-hybridized carbons (Fsp3) is 0.222. The van der Waals surface area contributed by atoms with Gasteiger partial charge in [-0.2, -0.15) is 0 Å². The van der Waals surface area contributed by atoms with E-state index in [1.165, 1.54) is 38.5 Å². The van der Waals surface area contributed by atoms with Gasteiger partial charge in [-0.1, -0.05) is 163 Å². The predicted molar refractivity (Wildman–Crippen MR) is 335 cm³/mol. The van der Waals surface area contributed by atoms with Crippen molar-refractivity contribution in [3.8, 4) is 33.8 Å². The number of para-hydroxylation sites is 2. The van der Waals surface area contributed by atoms with E-state index in [1.54, 1.807) is 0 Å². The molecule has 8 nitrogen and oxygen atoms in total. The Kier molecular flexibility index (Phi) is 18.5. The number of benzene rings is 6. The van der Waals surface area contributed by atoms with E-state index in [4.69, 9.17) is 29.4 Å². The van der Waals surface area contributed by atoms with Crippen molar-refractivity contribution >= 4 is 80.5 Å². The van der Waals surface area contributed by atoms with Gasteiger partial charge in [0.1, 0.15) is 11.5 Å². The third-order valence-electron chi connectivity index (χ3n) is 15.4. The van der Waals surface area contributed by atoms with Crippen molar-refractivity contribution in [1.82, 2.24) is 19.9 Å². The molecule has 5 heterocycles. The van der Waals surface area contributed by atoms with Crippen LogP contribution in [-0.2, 0) is 19.5 Å². The molecule has 0 fully saturated rings. The van der Waals surface area contributed by atoms with E-state index < -0.39 is 0 Å². The van der Waals surface area contributed by atoms with E-state index in [2.05, 4.69) is 244 Å². The molecule has 0 radical (unpaired) electrons. The summed E-state index contributed by atoms with van der Waals surface area (Å²) in [6, 6.07) is 67.8. The summed E-state index contributed by atoms with van der Waals surface area (Å²) < 4.78 is 12.6. The van der Waals surface area contributed by atoms with Gasteiger partial charge in [0.2, 0.25) is 0 Å². The molecule has 3 aromatic heterocycles. The second kappa shape index (κ2) is 26.8. The standard InChI is InChI=1S/C72H70N6O2.Zn/c1-5-9-17-51(7-3)49-79-65-39-35-63(36-40-65)77(59-19-13-11-14-20-59)61-31-23-53(24-32-61)71-67-43-27-55(73-67)47-57-29-45-69(75-57)72(70-46-30-58(76-70)48-56-28-44-68(71)74-56)54-25-33-62(34-26-54)78(60-21-15-12-16-22-60)64-37-41-66(42-38-64)80-50-52(8-4)18-10-6-2;/h11-16,19-48,51-52H,5-10,17-18,49-50H2,1-4H3;/q-2;+2. The van der Waals surface area contributed by atoms with Gasteiger partial charge in [-0.15, -0.1) is 22.1 Å². The van der Waals surface area contributed by atoms with E-state index in [0.29, 0.717) is 11.8 Å². The molecule has 11 rings (SSSR count). The predicted octanol–water partition coefficient (Wildman–Crippen LogP) is 19.4. The second-order valence-corrected chi connectivity index (χ2v) is 20.9. The van der Waals surface area contributed by atoms with Crippen LogP contribution in [0.25, 0.3) is 68.6 Å². The van der Waals surface area contributed by atoms with E-state index in [-0.39, 0.29) is 19.5 Å². The molecule has 6 aromatic carbocycles. The Hall–Kier alpha value is -8.26. The largest absolute Gasteiger partial charge is 2.00 e. The zero-order chi connectivity index (χ0) is 54.6. The molecule has 402 valence electrons. The number of hydrogen-bond acceptors (Lipinski definition) is 6. The first-order valence-corrected chi connectivity index (χ1v) is 28.8. The van der Waals surface area contributed by atoms with Crippen LogP contribution >= 0.6 is 0 Å². The van der Waals surface area contributed by atoms with Crippen LogP contribution in [0.1, 0.15) is 102 Å². The van der Waals surface area contributed by atoms with E-state index in [9.17, 15) is 0 Å². The van der Waals surface area contributed by atoms with Gasteiger partial charge in [0, 0.05) is 34.1 Å². The van der Waals surface area contributed by atoms with Crippen molar-refractivity contribution in [2.75, 3.05) is 23.0 Å². The summed E-state index contributed by atoms with van der Waals surface area (Å²) in [4.78, 5) is 25.5. The topological polar surface area (TPSA) is 78.9 Å². The van der Waals surface area contributed by atoms with Crippen molar-refractivity contribution in [3.05, 3.63) is 217 Å². The molecule has 0 spiro atoms. The molecule has 9 heteroatoms. The molecule has 2 atom stereocenters. The maximum Gasteiger partial charge on any atom is 2.00 e. The minimum absolute atomic E-state index is 0. The number of anilines is 6. The fourth-order valence-corrected chi connectivity index (χ4v) is 10.8. The Morgan fingerprint density at radius 2 is 0.765 bits per heavy atom. The normalized spacial score (nSPS) is 12.4. The van der Waals surface area contributed by atoms with Gasteiger partial charge < -0.3 is 29.2 Å². The monoisotopic (exact) mass is 1110 g/mol. The Morgan fingerprint density at radius 3 is 1.12 bits per heavy atom. The Labute approximate surface area is 491 Å². The Balaban J connectivity index is 0.00000736. The van der Waals surface area contributed by atoms with Gasteiger partial charge in [0.05, 0.1) is 36.0 Å².